The van der Waals surface area contributed by atoms with E-state index in [2.05, 4.69) is 25.1 Å². The molecule has 1 N–H and O–H groups in total. The number of nitrogens with one attached hydrogen (secondary N) is 1. The summed E-state index contributed by atoms with van der Waals surface area (Å²) in [7, 11) is 1.98. The van der Waals surface area contributed by atoms with Crippen LogP contribution >= 0.6 is 11.6 Å². The van der Waals surface area contributed by atoms with Crippen LogP contribution in [-0.4, -0.2) is 84.3 Å². The number of aromatic nitrogens is 2. The average Bonchev–Trinajstić information content (AvgIpc) is 3.77. The maximum absolute atomic E-state index is 13.6. The van der Waals surface area contributed by atoms with E-state index in [0.717, 1.165) is 50.8 Å². The number of fused-ring (bicyclic) bond motifs is 1. The summed E-state index contributed by atoms with van der Waals surface area (Å²) in [5.74, 6) is 1.86. The number of anilines is 2. The van der Waals surface area contributed by atoms with Gasteiger partial charge < -0.3 is 24.4 Å². The van der Waals surface area contributed by atoms with Crippen molar-refractivity contribution in [3.05, 3.63) is 47.5 Å². The number of carbonyl (C=O) groups excluding carboxylic acids is 1. The molecule has 1 aromatic heterocycles. The molecule has 9 nitrogen and oxygen atoms in total. The molecule has 11 heteroatoms. The number of likely N-dealkylation sites (tertiary alicyclic amines) is 1. The molecule has 3 heterocycles. The van der Waals surface area contributed by atoms with E-state index in [1.807, 2.05) is 19.2 Å². The predicted octanol–water partition coefficient (Wildman–Crippen LogP) is 5.05. The monoisotopic (exact) mass is 583 g/mol. The molecule has 0 bridgehead atoms. The second-order valence-electron chi connectivity index (χ2n) is 11.4. The zero-order valence-electron chi connectivity index (χ0n) is 23.2. The van der Waals surface area contributed by atoms with Crippen molar-refractivity contribution < 1.29 is 23.4 Å². The molecule has 2 saturated heterocycles. The number of esters is 1. The van der Waals surface area contributed by atoms with Gasteiger partial charge >= 0.3 is 5.97 Å². The maximum atomic E-state index is 13.6. The van der Waals surface area contributed by atoms with E-state index < -0.39 is 5.82 Å². The van der Waals surface area contributed by atoms with Crippen molar-refractivity contribution in [2.45, 2.75) is 37.7 Å². The van der Waals surface area contributed by atoms with Crippen LogP contribution in [0.3, 0.4) is 0 Å². The maximum Gasteiger partial charge on any atom is 0.320 e. The molecule has 1 aliphatic carbocycles. The van der Waals surface area contributed by atoms with Crippen molar-refractivity contribution >= 4 is 40.0 Å². The number of halogens is 2. The highest BCUT2D eigenvalue weighted by molar-refractivity contribution is 6.31. The highest BCUT2D eigenvalue weighted by atomic mass is 35.5. The lowest BCUT2D eigenvalue weighted by atomic mass is 9.89. The molecule has 3 aromatic rings. The Morgan fingerprint density at radius 3 is 2.71 bits per heavy atom. The Labute approximate surface area is 243 Å². The second-order valence-corrected chi connectivity index (χ2v) is 11.8. The van der Waals surface area contributed by atoms with Crippen molar-refractivity contribution in [2.75, 3.05) is 58.3 Å². The fourth-order valence-electron chi connectivity index (χ4n) is 5.58. The van der Waals surface area contributed by atoms with Gasteiger partial charge in [-0.05, 0) is 56.5 Å². The molecule has 218 valence electrons. The normalized spacial score (nSPS) is 19.3. The number of piperidine rings is 1. The minimum atomic E-state index is -0.478. The lowest BCUT2D eigenvalue weighted by Gasteiger charge is -2.45. The van der Waals surface area contributed by atoms with Crippen molar-refractivity contribution in [3.8, 4) is 11.5 Å². The molecule has 1 spiro atoms. The minimum absolute atomic E-state index is 0.0339. The van der Waals surface area contributed by atoms with Gasteiger partial charge in [-0.1, -0.05) is 11.6 Å². The highest BCUT2D eigenvalue weighted by Crippen LogP contribution is 2.38. The van der Waals surface area contributed by atoms with Gasteiger partial charge in [-0.25, -0.2) is 14.4 Å². The van der Waals surface area contributed by atoms with E-state index in [9.17, 15) is 9.18 Å². The number of morpholine rings is 1. The molecule has 6 rings (SSSR count). The number of likely N-dealkylation sites (N-methyl/N-ethyl adjacent to an activating group) is 1. The smallest absolute Gasteiger partial charge is 0.320 e. The quantitative estimate of drug-likeness (QED) is 0.260. The van der Waals surface area contributed by atoms with Crippen LogP contribution in [0.1, 0.15) is 32.1 Å². The number of rotatable bonds is 10. The van der Waals surface area contributed by atoms with Gasteiger partial charge in [0.2, 0.25) is 0 Å². The van der Waals surface area contributed by atoms with Crippen molar-refractivity contribution in [1.82, 2.24) is 19.8 Å². The third-order valence-electron chi connectivity index (χ3n) is 7.99. The zero-order chi connectivity index (χ0) is 28.4. The number of carbonyl (C=O) groups is 1. The van der Waals surface area contributed by atoms with E-state index in [1.165, 1.54) is 31.3 Å². The summed E-state index contributed by atoms with van der Waals surface area (Å²) in [6.45, 7) is 5.06. The fraction of sp³-hybridized carbons (Fsp3) is 0.500. The predicted molar refractivity (Wildman–Crippen MR) is 155 cm³/mol. The Morgan fingerprint density at radius 2 is 1.95 bits per heavy atom. The summed E-state index contributed by atoms with van der Waals surface area (Å²) in [6, 6.07) is 8.25. The summed E-state index contributed by atoms with van der Waals surface area (Å²) >= 11 is 5.97. The van der Waals surface area contributed by atoms with Gasteiger partial charge in [0.1, 0.15) is 23.6 Å². The molecule has 0 atom stereocenters. The third-order valence-corrected chi connectivity index (χ3v) is 8.28. The van der Waals surface area contributed by atoms with Crippen LogP contribution in [0.4, 0.5) is 15.9 Å². The van der Waals surface area contributed by atoms with Gasteiger partial charge in [-0.2, -0.15) is 0 Å². The molecular weight excluding hydrogens is 549 g/mol. The van der Waals surface area contributed by atoms with Crippen LogP contribution in [0.25, 0.3) is 10.9 Å². The molecule has 3 aliphatic rings. The van der Waals surface area contributed by atoms with Gasteiger partial charge in [0, 0.05) is 56.2 Å². The second kappa shape index (κ2) is 12.0. The van der Waals surface area contributed by atoms with Crippen LogP contribution in [0.15, 0.2) is 36.7 Å². The summed E-state index contributed by atoms with van der Waals surface area (Å²) in [5, 5.41) is 4.02. The SMILES string of the molecule is CN1CC(=O)OC2(CCN(CCCOc3cc4ncnc(Nc5ccc(F)c(Cl)c5)c4cc3OCC3CC3)CC2)C1. The van der Waals surface area contributed by atoms with Crippen LogP contribution in [0.2, 0.25) is 5.02 Å². The number of nitrogens with zero attached hydrogens (tertiary/aromatic N) is 4. The van der Waals surface area contributed by atoms with Crippen LogP contribution < -0.4 is 14.8 Å². The summed E-state index contributed by atoms with van der Waals surface area (Å²) < 4.78 is 31.9. The van der Waals surface area contributed by atoms with E-state index in [-0.39, 0.29) is 16.6 Å². The first-order valence-electron chi connectivity index (χ1n) is 14.2. The summed E-state index contributed by atoms with van der Waals surface area (Å²) in [5.41, 5.74) is 0.987. The summed E-state index contributed by atoms with van der Waals surface area (Å²) in [4.78, 5) is 25.3. The number of hydrogen-bond acceptors (Lipinski definition) is 9. The van der Waals surface area contributed by atoms with Gasteiger partial charge in [0.25, 0.3) is 0 Å². The minimum Gasteiger partial charge on any atom is -0.490 e. The van der Waals surface area contributed by atoms with E-state index >= 15 is 0 Å². The number of benzene rings is 2. The first-order chi connectivity index (χ1) is 19.9. The molecule has 1 saturated carbocycles. The molecule has 41 heavy (non-hydrogen) atoms. The van der Waals surface area contributed by atoms with E-state index in [4.69, 9.17) is 25.8 Å². The lowest BCUT2D eigenvalue weighted by molar-refractivity contribution is -0.179. The fourth-order valence-corrected chi connectivity index (χ4v) is 5.76. The van der Waals surface area contributed by atoms with Gasteiger partial charge in [0.15, 0.2) is 11.5 Å². The standard InChI is InChI=1S/C30H35ClFN5O4/c1-36-16-28(38)41-30(18-36)7-10-37(11-8-30)9-2-12-39-27-15-25-22(14-26(27)40-17-20-3-4-20)29(34-19-33-25)35-21-5-6-24(32)23(31)13-21/h5-6,13-15,19-20H,2-4,7-12,16-18H2,1H3,(H,33,34,35). The molecule has 0 radical (unpaired) electrons. The molecule has 0 amide bonds. The third kappa shape index (κ3) is 6.82. The molecular formula is C30H35ClFN5O4. The van der Waals surface area contributed by atoms with Gasteiger partial charge in [-0.15, -0.1) is 0 Å². The Kier molecular flexibility index (Phi) is 8.14. The molecule has 2 aromatic carbocycles. The Bertz CT molecular complexity index is 1410. The van der Waals surface area contributed by atoms with Gasteiger partial charge in [0.05, 0.1) is 30.3 Å². The van der Waals surface area contributed by atoms with Crippen LogP contribution in [0.5, 0.6) is 11.5 Å². The topological polar surface area (TPSA) is 89.1 Å². The number of ether oxygens (including phenoxy) is 3. The van der Waals surface area contributed by atoms with Crippen molar-refractivity contribution in [3.63, 3.8) is 0 Å². The average molecular weight is 584 g/mol. The Hall–Kier alpha value is -3.21. The Morgan fingerprint density at radius 1 is 1.15 bits per heavy atom. The lowest BCUT2D eigenvalue weighted by Crippen LogP contribution is -2.57. The van der Waals surface area contributed by atoms with Gasteiger partial charge in [-0.3, -0.25) is 9.69 Å². The first-order valence-corrected chi connectivity index (χ1v) is 14.6. The molecule has 3 fully saturated rings. The Balaban J connectivity index is 1.10. The number of hydrogen-bond donors (Lipinski definition) is 1. The van der Waals surface area contributed by atoms with Crippen molar-refractivity contribution in [1.29, 1.82) is 0 Å². The van der Waals surface area contributed by atoms with Crippen molar-refractivity contribution in [2.24, 2.45) is 5.92 Å². The van der Waals surface area contributed by atoms with Crippen LogP contribution in [0, 0.1) is 11.7 Å². The first kappa shape index (κ1) is 27.9. The van der Waals surface area contributed by atoms with Crippen LogP contribution in [-0.2, 0) is 9.53 Å². The highest BCUT2D eigenvalue weighted by Gasteiger charge is 2.42. The van der Waals surface area contributed by atoms with E-state index in [1.54, 1.807) is 6.07 Å². The molecule has 0 unspecified atom stereocenters. The largest absolute Gasteiger partial charge is 0.490 e. The zero-order valence-corrected chi connectivity index (χ0v) is 24.0. The molecule has 2 aliphatic heterocycles. The summed E-state index contributed by atoms with van der Waals surface area (Å²) in [6.07, 6.45) is 6.40. The van der Waals surface area contributed by atoms with E-state index in [0.29, 0.717) is 54.2 Å².